The first kappa shape index (κ1) is 14.4. The number of pyridine rings is 1. The first-order valence-electron chi connectivity index (χ1n) is 5.51. The maximum absolute atomic E-state index is 12.3. The van der Waals surface area contributed by atoms with E-state index < -0.39 is 11.9 Å². The van der Waals surface area contributed by atoms with Crippen LogP contribution in [-0.4, -0.2) is 40.8 Å². The highest BCUT2D eigenvalue weighted by atomic mass is 35.5. The standard InChI is InChI=1S/C11H10Cl3N3O2/c1-5-10(18)15-2-3-17(5)11(19)9-8(14)7(13)6(12)4-16-9/h4-5H,2-3H2,1H3,(H,15,18). The number of hydrogen-bond acceptors (Lipinski definition) is 3. The molecule has 2 heterocycles. The van der Waals surface area contributed by atoms with Crippen LogP contribution in [0.1, 0.15) is 17.4 Å². The van der Waals surface area contributed by atoms with E-state index in [1.807, 2.05) is 0 Å². The van der Waals surface area contributed by atoms with Gasteiger partial charge < -0.3 is 10.2 Å². The van der Waals surface area contributed by atoms with E-state index in [1.54, 1.807) is 6.92 Å². The third kappa shape index (κ3) is 2.63. The molecule has 0 saturated carbocycles. The maximum atomic E-state index is 12.3. The minimum Gasteiger partial charge on any atom is -0.353 e. The van der Waals surface area contributed by atoms with Crippen molar-refractivity contribution in [2.24, 2.45) is 0 Å². The maximum Gasteiger partial charge on any atom is 0.274 e. The quantitative estimate of drug-likeness (QED) is 0.860. The molecule has 2 rings (SSSR count). The molecule has 0 bridgehead atoms. The van der Waals surface area contributed by atoms with Gasteiger partial charge in [0.25, 0.3) is 5.91 Å². The van der Waals surface area contributed by atoms with Crippen molar-refractivity contribution in [1.82, 2.24) is 15.2 Å². The van der Waals surface area contributed by atoms with Crippen molar-refractivity contribution in [2.75, 3.05) is 13.1 Å². The topological polar surface area (TPSA) is 62.3 Å². The lowest BCUT2D eigenvalue weighted by atomic mass is 10.2. The van der Waals surface area contributed by atoms with Crippen LogP contribution < -0.4 is 5.32 Å². The predicted molar refractivity (Wildman–Crippen MR) is 72.8 cm³/mol. The molecule has 0 aliphatic carbocycles. The normalized spacial score (nSPS) is 19.3. The molecule has 1 saturated heterocycles. The molecule has 1 aromatic rings. The lowest BCUT2D eigenvalue weighted by molar-refractivity contribution is -0.127. The van der Waals surface area contributed by atoms with E-state index in [0.29, 0.717) is 13.1 Å². The zero-order chi connectivity index (χ0) is 14.2. The SMILES string of the molecule is CC1C(=O)NCCN1C(=O)c1ncc(Cl)c(Cl)c1Cl. The van der Waals surface area contributed by atoms with Gasteiger partial charge >= 0.3 is 0 Å². The van der Waals surface area contributed by atoms with Crippen LogP contribution in [-0.2, 0) is 4.79 Å². The minimum atomic E-state index is -0.575. The largest absolute Gasteiger partial charge is 0.353 e. The summed E-state index contributed by atoms with van der Waals surface area (Å²) in [6.45, 7) is 2.43. The van der Waals surface area contributed by atoms with Gasteiger partial charge in [0, 0.05) is 19.3 Å². The molecule has 1 aliphatic heterocycles. The van der Waals surface area contributed by atoms with Crippen molar-refractivity contribution in [1.29, 1.82) is 0 Å². The molecule has 2 amide bonds. The van der Waals surface area contributed by atoms with Crippen molar-refractivity contribution in [3.8, 4) is 0 Å². The van der Waals surface area contributed by atoms with Gasteiger partial charge in [-0.25, -0.2) is 4.98 Å². The van der Waals surface area contributed by atoms with E-state index in [-0.39, 0.29) is 26.7 Å². The Hall–Kier alpha value is -1.04. The fourth-order valence-corrected chi connectivity index (χ4v) is 2.35. The van der Waals surface area contributed by atoms with Crippen molar-refractivity contribution < 1.29 is 9.59 Å². The number of carbonyl (C=O) groups excluding carboxylic acids is 2. The van der Waals surface area contributed by atoms with Crippen LogP contribution >= 0.6 is 34.8 Å². The number of aromatic nitrogens is 1. The summed E-state index contributed by atoms with van der Waals surface area (Å²) in [6.07, 6.45) is 1.26. The Kier molecular flexibility index (Phi) is 4.18. The van der Waals surface area contributed by atoms with Crippen LogP contribution in [0.25, 0.3) is 0 Å². The fourth-order valence-electron chi connectivity index (χ4n) is 1.79. The zero-order valence-electron chi connectivity index (χ0n) is 9.91. The Labute approximate surface area is 124 Å². The molecule has 1 unspecified atom stereocenters. The van der Waals surface area contributed by atoms with E-state index in [1.165, 1.54) is 11.1 Å². The lowest BCUT2D eigenvalue weighted by Gasteiger charge is -2.32. The second-order valence-corrected chi connectivity index (χ2v) is 5.21. The van der Waals surface area contributed by atoms with Crippen LogP contribution in [0.5, 0.6) is 0 Å². The Morgan fingerprint density at radius 2 is 2.11 bits per heavy atom. The molecule has 1 N–H and O–H groups in total. The highest BCUT2D eigenvalue weighted by Crippen LogP contribution is 2.31. The summed E-state index contributed by atoms with van der Waals surface area (Å²) in [5.41, 5.74) is -0.00221. The molecule has 1 aliphatic rings. The average molecular weight is 323 g/mol. The lowest BCUT2D eigenvalue weighted by Crippen LogP contribution is -2.56. The zero-order valence-corrected chi connectivity index (χ0v) is 12.2. The smallest absolute Gasteiger partial charge is 0.274 e. The van der Waals surface area contributed by atoms with E-state index >= 15 is 0 Å². The molecule has 1 atom stereocenters. The molecule has 1 fully saturated rings. The van der Waals surface area contributed by atoms with Crippen LogP contribution in [0.15, 0.2) is 6.20 Å². The highest BCUT2D eigenvalue weighted by molar-refractivity contribution is 6.48. The summed E-state index contributed by atoms with van der Waals surface area (Å²) in [6, 6.07) is -0.575. The van der Waals surface area contributed by atoms with Crippen LogP contribution in [0, 0.1) is 0 Å². The second kappa shape index (κ2) is 5.53. The summed E-state index contributed by atoms with van der Waals surface area (Å²) in [4.78, 5) is 29.2. The van der Waals surface area contributed by atoms with Crippen molar-refractivity contribution in [3.05, 3.63) is 27.0 Å². The molecule has 19 heavy (non-hydrogen) atoms. The summed E-state index contributed by atoms with van der Waals surface area (Å²) in [5.74, 6) is -0.651. The molecular weight excluding hydrogens is 312 g/mol. The number of rotatable bonds is 1. The van der Waals surface area contributed by atoms with Gasteiger partial charge in [0.2, 0.25) is 5.91 Å². The first-order valence-corrected chi connectivity index (χ1v) is 6.65. The Morgan fingerprint density at radius 1 is 1.42 bits per heavy atom. The van der Waals surface area contributed by atoms with Crippen molar-refractivity contribution in [2.45, 2.75) is 13.0 Å². The number of nitrogens with zero attached hydrogens (tertiary/aromatic N) is 2. The minimum absolute atomic E-state index is 0.00221. The van der Waals surface area contributed by atoms with Crippen LogP contribution in [0.2, 0.25) is 15.1 Å². The van der Waals surface area contributed by atoms with Gasteiger partial charge in [-0.05, 0) is 6.92 Å². The molecule has 0 radical (unpaired) electrons. The number of nitrogens with one attached hydrogen (secondary N) is 1. The van der Waals surface area contributed by atoms with E-state index in [9.17, 15) is 9.59 Å². The van der Waals surface area contributed by atoms with Crippen LogP contribution in [0.3, 0.4) is 0 Å². The van der Waals surface area contributed by atoms with Gasteiger partial charge in [0.1, 0.15) is 11.7 Å². The van der Waals surface area contributed by atoms with Gasteiger partial charge in [-0.3, -0.25) is 9.59 Å². The van der Waals surface area contributed by atoms with Crippen LogP contribution in [0.4, 0.5) is 0 Å². The summed E-state index contributed by atoms with van der Waals surface area (Å²) in [5, 5.41) is 2.92. The third-order valence-electron chi connectivity index (χ3n) is 2.88. The third-order valence-corrected chi connectivity index (χ3v) is 4.12. The highest BCUT2D eigenvalue weighted by Gasteiger charge is 2.32. The first-order chi connectivity index (χ1) is 8.93. The molecule has 0 aromatic carbocycles. The molecule has 0 spiro atoms. The van der Waals surface area contributed by atoms with Gasteiger partial charge in [0.15, 0.2) is 0 Å². The van der Waals surface area contributed by atoms with E-state index in [0.717, 1.165) is 0 Å². The summed E-state index contributed by atoms with van der Waals surface area (Å²) >= 11 is 17.6. The van der Waals surface area contributed by atoms with Gasteiger partial charge in [-0.1, -0.05) is 34.8 Å². The van der Waals surface area contributed by atoms with Crippen molar-refractivity contribution >= 4 is 46.6 Å². The molecular formula is C11H10Cl3N3O2. The molecule has 5 nitrogen and oxygen atoms in total. The summed E-state index contributed by atoms with van der Waals surface area (Å²) in [7, 11) is 0. The monoisotopic (exact) mass is 321 g/mol. The van der Waals surface area contributed by atoms with E-state index in [2.05, 4.69) is 10.3 Å². The summed E-state index contributed by atoms with van der Waals surface area (Å²) < 4.78 is 0. The van der Waals surface area contributed by atoms with Gasteiger partial charge in [0.05, 0.1) is 15.1 Å². The predicted octanol–water partition coefficient (Wildman–Crippen LogP) is 2.00. The average Bonchev–Trinajstić information content (AvgIpc) is 2.39. The molecule has 8 heteroatoms. The number of carbonyl (C=O) groups is 2. The van der Waals surface area contributed by atoms with E-state index in [4.69, 9.17) is 34.8 Å². The second-order valence-electron chi connectivity index (χ2n) is 4.05. The Balaban J connectivity index is 2.34. The molecule has 102 valence electrons. The van der Waals surface area contributed by atoms with Gasteiger partial charge in [-0.15, -0.1) is 0 Å². The number of piperazine rings is 1. The number of halogens is 3. The van der Waals surface area contributed by atoms with Gasteiger partial charge in [-0.2, -0.15) is 0 Å². The molecule has 1 aromatic heterocycles. The Bertz CT molecular complexity index is 550. The number of hydrogen-bond donors (Lipinski definition) is 1. The number of amides is 2. The van der Waals surface area contributed by atoms with Crippen molar-refractivity contribution in [3.63, 3.8) is 0 Å². The Morgan fingerprint density at radius 3 is 2.79 bits per heavy atom. The fraction of sp³-hybridized carbons (Fsp3) is 0.364.